The van der Waals surface area contributed by atoms with Crippen molar-refractivity contribution in [3.05, 3.63) is 114 Å². The van der Waals surface area contributed by atoms with Crippen molar-refractivity contribution in [2.24, 2.45) is 5.73 Å². The van der Waals surface area contributed by atoms with E-state index in [2.05, 4.69) is 5.32 Å². The number of nitrogen functional groups attached to an aromatic ring is 1. The van der Waals surface area contributed by atoms with Crippen molar-refractivity contribution in [3.8, 4) is 0 Å². The molecule has 6 nitrogen and oxygen atoms in total. The van der Waals surface area contributed by atoms with Gasteiger partial charge in [-0.3, -0.25) is 19.9 Å². The third kappa shape index (κ3) is 4.96. The summed E-state index contributed by atoms with van der Waals surface area (Å²) in [6, 6.07) is 29.4. The smallest absolute Gasteiger partial charge is 0.258 e. The first-order chi connectivity index (χ1) is 16.4. The number of nitrogens with two attached hydrogens (primary N) is 1. The zero-order valence-corrected chi connectivity index (χ0v) is 18.9. The highest BCUT2D eigenvalue weighted by molar-refractivity contribution is 6.10. The average molecular weight is 451 g/mol. The highest BCUT2D eigenvalue weighted by Gasteiger charge is 2.22. The van der Waals surface area contributed by atoms with Crippen LogP contribution < -0.4 is 16.0 Å². The van der Waals surface area contributed by atoms with E-state index in [1.165, 1.54) is 4.90 Å². The molecule has 1 unspecified atom stereocenters. The summed E-state index contributed by atoms with van der Waals surface area (Å²) in [7, 11) is 0. The topological polar surface area (TPSA) is 99.3 Å². The fourth-order valence-electron chi connectivity index (χ4n) is 4.00. The molecule has 0 heterocycles. The maximum absolute atomic E-state index is 13.4. The standard InChI is InChI=1S/C28H26N4O2/c1-19(24-16-8-10-20-9-5-6-15-25(20)24)31-26(33)18-32(23-13-3-2-4-14-23)28(34)22-12-7-11-21(17-22)27(29)30/h2-17,19H,18H2,1H3,(H3,29,30)(H,31,33). The predicted octanol–water partition coefficient (Wildman–Crippen LogP) is 4.65. The first-order valence-corrected chi connectivity index (χ1v) is 11.0. The summed E-state index contributed by atoms with van der Waals surface area (Å²) in [6.07, 6.45) is 0. The van der Waals surface area contributed by atoms with Gasteiger partial charge < -0.3 is 11.1 Å². The quantitative estimate of drug-likeness (QED) is 0.282. The lowest BCUT2D eigenvalue weighted by atomic mass is 10.00. The van der Waals surface area contributed by atoms with Gasteiger partial charge in [-0.05, 0) is 47.5 Å². The molecule has 0 aliphatic rings. The van der Waals surface area contributed by atoms with Crippen LogP contribution in [-0.4, -0.2) is 24.2 Å². The molecule has 0 fully saturated rings. The van der Waals surface area contributed by atoms with Crippen molar-refractivity contribution in [1.29, 1.82) is 5.41 Å². The van der Waals surface area contributed by atoms with Gasteiger partial charge in [0.2, 0.25) is 5.91 Å². The number of fused-ring (bicyclic) bond motifs is 1. The molecular formula is C28H26N4O2. The van der Waals surface area contributed by atoms with Crippen molar-refractivity contribution in [1.82, 2.24) is 5.32 Å². The molecular weight excluding hydrogens is 424 g/mol. The molecule has 4 aromatic carbocycles. The third-order valence-electron chi connectivity index (χ3n) is 5.70. The number of para-hydroxylation sites is 1. The Morgan fingerprint density at radius 1 is 0.882 bits per heavy atom. The van der Waals surface area contributed by atoms with Crippen LogP contribution in [0.4, 0.5) is 5.69 Å². The predicted molar refractivity (Wildman–Crippen MR) is 136 cm³/mol. The van der Waals surface area contributed by atoms with Gasteiger partial charge in [0.05, 0.1) is 6.04 Å². The van der Waals surface area contributed by atoms with Crippen LogP contribution in [0.2, 0.25) is 0 Å². The van der Waals surface area contributed by atoms with Crippen LogP contribution in [0.15, 0.2) is 97.1 Å². The first-order valence-electron chi connectivity index (χ1n) is 11.0. The van der Waals surface area contributed by atoms with E-state index in [0.29, 0.717) is 16.8 Å². The summed E-state index contributed by atoms with van der Waals surface area (Å²) >= 11 is 0. The van der Waals surface area contributed by atoms with E-state index in [9.17, 15) is 9.59 Å². The normalized spacial score (nSPS) is 11.6. The Kier molecular flexibility index (Phi) is 6.69. The fourth-order valence-corrected chi connectivity index (χ4v) is 4.00. The largest absolute Gasteiger partial charge is 0.384 e. The van der Waals surface area contributed by atoms with Crippen LogP contribution in [0.3, 0.4) is 0 Å². The van der Waals surface area contributed by atoms with Gasteiger partial charge in [0.15, 0.2) is 0 Å². The van der Waals surface area contributed by atoms with Gasteiger partial charge in [0.25, 0.3) is 5.91 Å². The summed E-state index contributed by atoms with van der Waals surface area (Å²) < 4.78 is 0. The Morgan fingerprint density at radius 3 is 2.29 bits per heavy atom. The summed E-state index contributed by atoms with van der Waals surface area (Å²) in [5, 5.41) is 12.9. The van der Waals surface area contributed by atoms with E-state index < -0.39 is 0 Å². The summed E-state index contributed by atoms with van der Waals surface area (Å²) in [5.41, 5.74) is 8.02. The van der Waals surface area contributed by atoms with Gasteiger partial charge in [-0.2, -0.15) is 0 Å². The van der Waals surface area contributed by atoms with E-state index in [4.69, 9.17) is 11.1 Å². The minimum absolute atomic E-state index is 0.123. The molecule has 2 amide bonds. The second kappa shape index (κ2) is 10.0. The van der Waals surface area contributed by atoms with Crippen LogP contribution in [0.5, 0.6) is 0 Å². The van der Waals surface area contributed by atoms with Gasteiger partial charge in [-0.1, -0.05) is 72.8 Å². The van der Waals surface area contributed by atoms with E-state index in [-0.39, 0.29) is 30.2 Å². The van der Waals surface area contributed by atoms with Crippen LogP contribution in [0.25, 0.3) is 10.8 Å². The lowest BCUT2D eigenvalue weighted by molar-refractivity contribution is -0.120. The van der Waals surface area contributed by atoms with Crippen LogP contribution >= 0.6 is 0 Å². The number of hydrogen-bond acceptors (Lipinski definition) is 3. The zero-order valence-electron chi connectivity index (χ0n) is 18.9. The number of carbonyl (C=O) groups is 2. The Balaban J connectivity index is 1.58. The van der Waals surface area contributed by atoms with Crippen LogP contribution in [0.1, 0.15) is 34.5 Å². The Morgan fingerprint density at radius 2 is 1.53 bits per heavy atom. The van der Waals surface area contributed by atoms with Crippen molar-refractivity contribution >= 4 is 34.1 Å². The number of amidine groups is 1. The van der Waals surface area contributed by atoms with Crippen LogP contribution in [0, 0.1) is 5.41 Å². The highest BCUT2D eigenvalue weighted by atomic mass is 16.2. The SMILES string of the molecule is CC(NC(=O)CN(C(=O)c1cccc(C(=N)N)c1)c1ccccc1)c1cccc2ccccc12. The molecule has 0 bridgehead atoms. The molecule has 1 atom stereocenters. The fraction of sp³-hybridized carbons (Fsp3) is 0.107. The highest BCUT2D eigenvalue weighted by Crippen LogP contribution is 2.24. The lowest BCUT2D eigenvalue weighted by Crippen LogP contribution is -2.41. The maximum Gasteiger partial charge on any atom is 0.258 e. The molecule has 34 heavy (non-hydrogen) atoms. The zero-order chi connectivity index (χ0) is 24.1. The Labute approximate surface area is 198 Å². The third-order valence-corrected chi connectivity index (χ3v) is 5.70. The van der Waals surface area contributed by atoms with E-state index >= 15 is 0 Å². The van der Waals surface area contributed by atoms with Crippen molar-refractivity contribution in [3.63, 3.8) is 0 Å². The minimum Gasteiger partial charge on any atom is -0.384 e. The van der Waals surface area contributed by atoms with Crippen molar-refractivity contribution < 1.29 is 9.59 Å². The lowest BCUT2D eigenvalue weighted by Gasteiger charge is -2.24. The van der Waals surface area contributed by atoms with Crippen LogP contribution in [-0.2, 0) is 4.79 Å². The number of nitrogens with one attached hydrogen (secondary N) is 2. The molecule has 6 heteroatoms. The summed E-state index contributed by atoms with van der Waals surface area (Å²) in [4.78, 5) is 28.0. The van der Waals surface area contributed by atoms with Gasteiger partial charge >= 0.3 is 0 Å². The number of benzene rings is 4. The number of amides is 2. The average Bonchev–Trinajstić information content (AvgIpc) is 2.87. The van der Waals surface area contributed by atoms with Crippen molar-refractivity contribution in [2.45, 2.75) is 13.0 Å². The maximum atomic E-state index is 13.4. The van der Waals surface area contributed by atoms with Gasteiger partial charge in [0.1, 0.15) is 12.4 Å². The van der Waals surface area contributed by atoms with Gasteiger partial charge in [0, 0.05) is 16.8 Å². The number of rotatable bonds is 7. The monoisotopic (exact) mass is 450 g/mol. The molecule has 0 saturated carbocycles. The second-order valence-electron chi connectivity index (χ2n) is 8.08. The molecule has 0 aliphatic carbocycles. The minimum atomic E-state index is -0.345. The Bertz CT molecular complexity index is 1350. The molecule has 4 aromatic rings. The Hall–Kier alpha value is -4.45. The first kappa shape index (κ1) is 22.7. The molecule has 4 N–H and O–H groups in total. The van der Waals surface area contributed by atoms with Gasteiger partial charge in [-0.25, -0.2) is 0 Å². The number of nitrogens with zero attached hydrogens (tertiary/aromatic N) is 1. The summed E-state index contributed by atoms with van der Waals surface area (Å²) in [6.45, 7) is 1.78. The second-order valence-corrected chi connectivity index (χ2v) is 8.08. The molecule has 0 radical (unpaired) electrons. The van der Waals surface area contributed by atoms with E-state index in [0.717, 1.165) is 16.3 Å². The number of anilines is 1. The van der Waals surface area contributed by atoms with Crippen molar-refractivity contribution in [2.75, 3.05) is 11.4 Å². The van der Waals surface area contributed by atoms with Gasteiger partial charge in [-0.15, -0.1) is 0 Å². The molecule has 4 rings (SSSR count). The van der Waals surface area contributed by atoms with E-state index in [1.54, 1.807) is 36.4 Å². The number of hydrogen-bond donors (Lipinski definition) is 3. The molecule has 0 spiro atoms. The molecule has 0 aliphatic heterocycles. The molecule has 170 valence electrons. The number of carbonyl (C=O) groups excluding carboxylic acids is 2. The summed E-state index contributed by atoms with van der Waals surface area (Å²) in [5.74, 6) is -0.745. The molecule has 0 saturated heterocycles. The molecule has 0 aromatic heterocycles. The van der Waals surface area contributed by atoms with E-state index in [1.807, 2.05) is 67.6 Å².